The van der Waals surface area contributed by atoms with Crippen molar-refractivity contribution in [1.29, 1.82) is 0 Å². The average molecular weight is 262 g/mol. The second kappa shape index (κ2) is 5.40. The fourth-order valence-corrected chi connectivity index (χ4v) is 2.18. The summed E-state index contributed by atoms with van der Waals surface area (Å²) in [5, 5.41) is 0. The number of anilines is 1. The van der Waals surface area contributed by atoms with E-state index >= 15 is 0 Å². The summed E-state index contributed by atoms with van der Waals surface area (Å²) in [6.45, 7) is 3.45. The first kappa shape index (κ1) is 13.5. The molecule has 0 aliphatic carbocycles. The molecule has 1 aromatic carbocycles. The van der Waals surface area contributed by atoms with Gasteiger partial charge in [-0.25, -0.2) is 0 Å². The molecule has 1 amide bonds. The lowest BCUT2D eigenvalue weighted by molar-refractivity contribution is -0.146. The van der Waals surface area contributed by atoms with Crippen LogP contribution < -0.4 is 10.6 Å². The Morgan fingerprint density at radius 3 is 2.84 bits per heavy atom. The molecule has 102 valence electrons. The van der Waals surface area contributed by atoms with Crippen LogP contribution in [0.25, 0.3) is 0 Å². The summed E-state index contributed by atoms with van der Waals surface area (Å²) < 4.78 is 5.08. The van der Waals surface area contributed by atoms with Crippen LogP contribution in [-0.2, 0) is 20.7 Å². The van der Waals surface area contributed by atoms with Gasteiger partial charge in [0.2, 0.25) is 5.91 Å². The van der Waals surface area contributed by atoms with Crippen molar-refractivity contribution in [2.45, 2.75) is 32.4 Å². The van der Waals surface area contributed by atoms with Gasteiger partial charge in [0.15, 0.2) is 0 Å². The van der Waals surface area contributed by atoms with E-state index in [0.717, 1.165) is 11.3 Å². The van der Waals surface area contributed by atoms with Crippen molar-refractivity contribution in [1.82, 2.24) is 0 Å². The van der Waals surface area contributed by atoms with Crippen molar-refractivity contribution in [3.05, 3.63) is 29.8 Å². The first-order chi connectivity index (χ1) is 8.99. The van der Waals surface area contributed by atoms with Gasteiger partial charge in [-0.15, -0.1) is 0 Å². The Bertz CT molecular complexity index is 499. The minimum Gasteiger partial charge on any atom is -0.462 e. The highest BCUT2D eigenvalue weighted by molar-refractivity contribution is 6.03. The van der Waals surface area contributed by atoms with Crippen LogP contribution in [0.4, 0.5) is 5.69 Å². The maximum absolute atomic E-state index is 12.1. The van der Waals surface area contributed by atoms with Crippen molar-refractivity contribution >= 4 is 17.6 Å². The van der Waals surface area contributed by atoms with Crippen LogP contribution in [0.2, 0.25) is 0 Å². The fraction of sp³-hybridized carbons (Fsp3) is 0.429. The Kier molecular flexibility index (Phi) is 3.85. The Morgan fingerprint density at radius 2 is 2.16 bits per heavy atom. The van der Waals surface area contributed by atoms with Gasteiger partial charge in [-0.2, -0.15) is 0 Å². The summed E-state index contributed by atoms with van der Waals surface area (Å²) in [5.74, 6) is -0.661. The highest BCUT2D eigenvalue weighted by Crippen LogP contribution is 2.26. The monoisotopic (exact) mass is 262 g/mol. The highest BCUT2D eigenvalue weighted by atomic mass is 16.5. The predicted molar refractivity (Wildman–Crippen MR) is 71.7 cm³/mol. The minimum absolute atomic E-state index is 0.0955. The van der Waals surface area contributed by atoms with E-state index in [2.05, 4.69) is 0 Å². The first-order valence-corrected chi connectivity index (χ1v) is 6.33. The number of esters is 1. The molecule has 0 bridgehead atoms. The maximum atomic E-state index is 12.1. The fourth-order valence-electron chi connectivity index (χ4n) is 2.18. The zero-order chi connectivity index (χ0) is 14.0. The highest BCUT2D eigenvalue weighted by Gasteiger charge is 2.31. The van der Waals surface area contributed by atoms with Gasteiger partial charge in [0.25, 0.3) is 0 Å². The molecule has 1 heterocycles. The van der Waals surface area contributed by atoms with Crippen molar-refractivity contribution in [3.8, 4) is 0 Å². The van der Waals surface area contributed by atoms with E-state index < -0.39 is 12.0 Å². The van der Waals surface area contributed by atoms with Crippen molar-refractivity contribution in [3.63, 3.8) is 0 Å². The predicted octanol–water partition coefficient (Wildman–Crippen LogP) is 0.855. The van der Waals surface area contributed by atoms with Gasteiger partial charge in [0, 0.05) is 5.69 Å². The van der Waals surface area contributed by atoms with Crippen LogP contribution in [0.5, 0.6) is 0 Å². The zero-order valence-corrected chi connectivity index (χ0v) is 11.1. The molecule has 1 atom stereocenters. The van der Waals surface area contributed by atoms with Gasteiger partial charge < -0.3 is 10.5 Å². The number of fused-ring (bicyclic) bond motifs is 1. The average Bonchev–Trinajstić information content (AvgIpc) is 2.34. The SMILES string of the molecule is CC(C)OC(=O)CN1C(=O)C(N)Cc2ccccc21. The molecule has 0 spiro atoms. The number of benzene rings is 1. The number of carbonyl (C=O) groups is 2. The third-order valence-corrected chi connectivity index (χ3v) is 2.96. The van der Waals surface area contributed by atoms with Crippen molar-refractivity contribution in [2.24, 2.45) is 5.73 Å². The summed E-state index contributed by atoms with van der Waals surface area (Å²) in [7, 11) is 0. The number of carbonyl (C=O) groups excluding carboxylic acids is 2. The maximum Gasteiger partial charge on any atom is 0.326 e. The third kappa shape index (κ3) is 2.93. The molecular formula is C14H18N2O3. The van der Waals surface area contributed by atoms with Crippen LogP contribution in [0, 0.1) is 0 Å². The van der Waals surface area contributed by atoms with E-state index in [1.165, 1.54) is 4.90 Å². The lowest BCUT2D eigenvalue weighted by atomic mass is 9.98. The molecule has 0 aromatic heterocycles. The molecule has 0 saturated heterocycles. The number of para-hydroxylation sites is 1. The summed E-state index contributed by atoms with van der Waals surface area (Å²) in [6.07, 6.45) is 0.307. The normalized spacial score (nSPS) is 18.4. The summed E-state index contributed by atoms with van der Waals surface area (Å²) in [6, 6.07) is 6.88. The molecule has 1 unspecified atom stereocenters. The van der Waals surface area contributed by atoms with E-state index in [9.17, 15) is 9.59 Å². The van der Waals surface area contributed by atoms with Crippen molar-refractivity contribution in [2.75, 3.05) is 11.4 Å². The molecule has 0 radical (unpaired) electrons. The molecule has 2 rings (SSSR count). The van der Waals surface area contributed by atoms with Crippen LogP contribution in [-0.4, -0.2) is 30.6 Å². The Balaban J connectivity index is 2.23. The number of amides is 1. The van der Waals surface area contributed by atoms with Gasteiger partial charge in [0.05, 0.1) is 12.1 Å². The molecule has 1 aliphatic rings. The topological polar surface area (TPSA) is 72.6 Å². The lowest BCUT2D eigenvalue weighted by Gasteiger charge is -2.32. The summed E-state index contributed by atoms with van der Waals surface area (Å²) in [4.78, 5) is 25.2. The second-order valence-corrected chi connectivity index (χ2v) is 4.90. The Morgan fingerprint density at radius 1 is 1.47 bits per heavy atom. The van der Waals surface area contributed by atoms with Gasteiger partial charge >= 0.3 is 5.97 Å². The van der Waals surface area contributed by atoms with Gasteiger partial charge in [-0.1, -0.05) is 18.2 Å². The summed E-state index contributed by atoms with van der Waals surface area (Å²) in [5.41, 5.74) is 7.54. The zero-order valence-electron chi connectivity index (χ0n) is 11.1. The first-order valence-electron chi connectivity index (χ1n) is 6.33. The van der Waals surface area contributed by atoms with Crippen LogP contribution in [0.15, 0.2) is 24.3 Å². The standard InChI is InChI=1S/C14H18N2O3/c1-9(2)19-13(17)8-16-12-6-4-3-5-10(12)7-11(15)14(16)18/h3-6,9,11H,7-8,15H2,1-2H3. The molecular weight excluding hydrogens is 244 g/mol. The summed E-state index contributed by atoms with van der Waals surface area (Å²) >= 11 is 0. The molecule has 5 heteroatoms. The largest absolute Gasteiger partial charge is 0.462 e. The Labute approximate surface area is 112 Å². The van der Waals surface area contributed by atoms with Gasteiger partial charge in [0.1, 0.15) is 6.54 Å². The number of rotatable bonds is 3. The number of hydrogen-bond donors (Lipinski definition) is 1. The van der Waals surface area contributed by atoms with Gasteiger partial charge in [-0.05, 0) is 31.9 Å². The molecule has 0 saturated carbocycles. The van der Waals surface area contributed by atoms with E-state index in [4.69, 9.17) is 10.5 Å². The number of ether oxygens (including phenoxy) is 1. The second-order valence-electron chi connectivity index (χ2n) is 4.90. The quantitative estimate of drug-likeness (QED) is 0.820. The van der Waals surface area contributed by atoms with E-state index in [1.807, 2.05) is 24.3 Å². The number of hydrogen-bond acceptors (Lipinski definition) is 4. The molecule has 5 nitrogen and oxygen atoms in total. The smallest absolute Gasteiger partial charge is 0.326 e. The van der Waals surface area contributed by atoms with Crippen LogP contribution >= 0.6 is 0 Å². The minimum atomic E-state index is -0.596. The number of nitrogens with zero attached hydrogens (tertiary/aromatic N) is 1. The molecule has 19 heavy (non-hydrogen) atoms. The molecule has 1 aliphatic heterocycles. The number of nitrogens with two attached hydrogens (primary N) is 1. The van der Waals surface area contributed by atoms with Crippen LogP contribution in [0.3, 0.4) is 0 Å². The lowest BCUT2D eigenvalue weighted by Crippen LogP contribution is -2.50. The van der Waals surface area contributed by atoms with Crippen LogP contribution in [0.1, 0.15) is 19.4 Å². The van der Waals surface area contributed by atoms with E-state index in [1.54, 1.807) is 13.8 Å². The van der Waals surface area contributed by atoms with E-state index in [-0.39, 0.29) is 18.6 Å². The molecule has 1 aromatic rings. The van der Waals surface area contributed by atoms with Gasteiger partial charge in [-0.3, -0.25) is 14.5 Å². The molecule has 2 N–H and O–H groups in total. The van der Waals surface area contributed by atoms with E-state index in [0.29, 0.717) is 6.42 Å². The Hall–Kier alpha value is -1.88. The van der Waals surface area contributed by atoms with Crippen molar-refractivity contribution < 1.29 is 14.3 Å². The molecule has 0 fully saturated rings. The third-order valence-electron chi connectivity index (χ3n) is 2.96.